The molecule has 0 aliphatic rings. The Morgan fingerprint density at radius 2 is 2.11 bits per heavy atom. The zero-order chi connectivity index (χ0) is 13.8. The van der Waals surface area contributed by atoms with Crippen LogP contribution >= 0.6 is 15.9 Å². The molecule has 1 heterocycles. The molecule has 0 amide bonds. The Kier molecular flexibility index (Phi) is 4.07. The number of nitriles is 1. The molecule has 0 saturated heterocycles. The molecule has 1 N–H and O–H groups in total. The number of anilines is 1. The van der Waals surface area contributed by atoms with Crippen LogP contribution in [-0.2, 0) is 6.54 Å². The summed E-state index contributed by atoms with van der Waals surface area (Å²) in [4.78, 5) is 3.84. The fourth-order valence-electron chi connectivity index (χ4n) is 1.55. The van der Waals surface area contributed by atoms with E-state index in [4.69, 9.17) is 5.26 Å². The lowest BCUT2D eigenvalue weighted by atomic mass is 10.2. The number of pyridine rings is 1. The molecular weight excluding hydrogens is 316 g/mol. The van der Waals surface area contributed by atoms with Gasteiger partial charge < -0.3 is 5.32 Å². The molecule has 0 fully saturated rings. The second kappa shape index (κ2) is 5.76. The molecule has 2 rings (SSSR count). The van der Waals surface area contributed by atoms with Crippen molar-refractivity contribution >= 4 is 21.6 Å². The third-order valence-electron chi connectivity index (χ3n) is 2.42. The summed E-state index contributed by atoms with van der Waals surface area (Å²) in [6.07, 6.45) is 1.51. The average molecular weight is 324 g/mol. The van der Waals surface area contributed by atoms with E-state index in [2.05, 4.69) is 26.2 Å². The third kappa shape index (κ3) is 3.26. The van der Waals surface area contributed by atoms with Gasteiger partial charge in [-0.1, -0.05) is 0 Å². The fourth-order valence-corrected chi connectivity index (χ4v) is 2.10. The van der Waals surface area contributed by atoms with Crippen LogP contribution in [0.1, 0.15) is 11.3 Å². The van der Waals surface area contributed by atoms with E-state index >= 15 is 0 Å². The monoisotopic (exact) mass is 323 g/mol. The number of rotatable bonds is 3. The summed E-state index contributed by atoms with van der Waals surface area (Å²) in [5.74, 6) is -1.33. The van der Waals surface area contributed by atoms with Gasteiger partial charge >= 0.3 is 0 Å². The molecule has 1 aromatic heterocycles. The molecule has 6 heteroatoms. The number of nitrogens with one attached hydrogen (secondary N) is 1. The maximum atomic E-state index is 13.6. The maximum Gasteiger partial charge on any atom is 0.150 e. The smallest absolute Gasteiger partial charge is 0.150 e. The van der Waals surface area contributed by atoms with E-state index in [0.29, 0.717) is 11.0 Å². The molecular formula is C13H8BrF2N3. The van der Waals surface area contributed by atoms with Gasteiger partial charge in [-0.05, 0) is 39.7 Å². The lowest BCUT2D eigenvalue weighted by Gasteiger charge is -2.10. The number of halogens is 3. The summed E-state index contributed by atoms with van der Waals surface area (Å²) >= 11 is 3.09. The van der Waals surface area contributed by atoms with Crippen LogP contribution in [0, 0.1) is 23.0 Å². The Hall–Kier alpha value is -2.00. The largest absolute Gasteiger partial charge is 0.378 e. The normalized spacial score (nSPS) is 10.0. The molecule has 3 nitrogen and oxygen atoms in total. The molecule has 0 bridgehead atoms. The van der Waals surface area contributed by atoms with Crippen molar-refractivity contribution in [1.29, 1.82) is 5.26 Å². The summed E-state index contributed by atoms with van der Waals surface area (Å²) in [5.41, 5.74) is 1.25. The summed E-state index contributed by atoms with van der Waals surface area (Å²) < 4.78 is 26.8. The van der Waals surface area contributed by atoms with E-state index in [1.807, 2.05) is 6.07 Å². The van der Waals surface area contributed by atoms with Gasteiger partial charge in [0.25, 0.3) is 0 Å². The van der Waals surface area contributed by atoms with Gasteiger partial charge in [-0.25, -0.2) is 13.8 Å². The second-order valence-electron chi connectivity index (χ2n) is 3.76. The van der Waals surface area contributed by atoms with Crippen molar-refractivity contribution in [2.75, 3.05) is 5.32 Å². The zero-order valence-corrected chi connectivity index (χ0v) is 11.2. The van der Waals surface area contributed by atoms with Crippen LogP contribution in [0.2, 0.25) is 0 Å². The highest BCUT2D eigenvalue weighted by atomic mass is 79.9. The van der Waals surface area contributed by atoms with Crippen LogP contribution in [0.25, 0.3) is 0 Å². The molecule has 0 unspecified atom stereocenters. The van der Waals surface area contributed by atoms with Gasteiger partial charge in [0, 0.05) is 23.3 Å². The number of nitrogens with zero attached hydrogens (tertiary/aromatic N) is 2. The number of aromatic nitrogens is 1. The lowest BCUT2D eigenvalue weighted by Crippen LogP contribution is -2.03. The minimum atomic E-state index is -0.679. The van der Waals surface area contributed by atoms with Crippen molar-refractivity contribution < 1.29 is 8.78 Å². The van der Waals surface area contributed by atoms with Crippen LogP contribution in [0.15, 0.2) is 34.9 Å². The minimum Gasteiger partial charge on any atom is -0.378 e. The molecule has 0 aliphatic carbocycles. The van der Waals surface area contributed by atoms with Crippen molar-refractivity contribution in [3.8, 4) is 6.07 Å². The highest BCUT2D eigenvalue weighted by Crippen LogP contribution is 2.27. The van der Waals surface area contributed by atoms with Gasteiger partial charge in [0.1, 0.15) is 23.4 Å². The molecule has 0 atom stereocenters. The van der Waals surface area contributed by atoms with Crippen LogP contribution in [-0.4, -0.2) is 4.98 Å². The summed E-state index contributed by atoms with van der Waals surface area (Å²) in [6.45, 7) is 0.304. The van der Waals surface area contributed by atoms with Gasteiger partial charge in [0.05, 0.1) is 5.69 Å². The lowest BCUT2D eigenvalue weighted by molar-refractivity contribution is 0.583. The quantitative estimate of drug-likeness (QED) is 0.938. The summed E-state index contributed by atoms with van der Waals surface area (Å²) in [7, 11) is 0. The van der Waals surface area contributed by atoms with E-state index in [-0.39, 0.29) is 11.4 Å². The number of hydrogen-bond acceptors (Lipinski definition) is 3. The Bertz CT molecular complexity index is 630. The fraction of sp³-hybridized carbons (Fsp3) is 0.0769. The molecule has 0 aliphatic heterocycles. The Morgan fingerprint density at radius 1 is 1.32 bits per heavy atom. The number of hydrogen-bond donors (Lipinski definition) is 1. The van der Waals surface area contributed by atoms with E-state index in [9.17, 15) is 8.78 Å². The second-order valence-corrected chi connectivity index (χ2v) is 4.61. The summed E-state index contributed by atoms with van der Waals surface area (Å²) in [5, 5.41) is 11.6. The SMILES string of the molecule is N#Cc1cc(CNc2c(F)cc(F)cc2Br)ccn1. The standard InChI is InChI=1S/C13H8BrF2N3/c14-11-4-9(15)5-12(16)13(11)19-7-8-1-2-18-10(3-8)6-17/h1-5,19H,7H2. The van der Waals surface area contributed by atoms with E-state index in [1.165, 1.54) is 12.3 Å². The molecule has 2 aromatic rings. The maximum absolute atomic E-state index is 13.6. The number of benzene rings is 1. The first-order chi connectivity index (χ1) is 9.10. The predicted octanol–water partition coefficient (Wildman–Crippen LogP) is 3.61. The van der Waals surface area contributed by atoms with E-state index in [0.717, 1.165) is 11.6 Å². The molecule has 1 aromatic carbocycles. The van der Waals surface area contributed by atoms with Gasteiger partial charge in [-0.2, -0.15) is 5.26 Å². The molecule has 0 radical (unpaired) electrons. The first-order valence-electron chi connectivity index (χ1n) is 5.33. The topological polar surface area (TPSA) is 48.7 Å². The van der Waals surface area contributed by atoms with Crippen molar-refractivity contribution in [3.63, 3.8) is 0 Å². The highest BCUT2D eigenvalue weighted by Gasteiger charge is 2.09. The van der Waals surface area contributed by atoms with Crippen LogP contribution in [0.4, 0.5) is 14.5 Å². The first kappa shape index (κ1) is 13.4. The van der Waals surface area contributed by atoms with Gasteiger partial charge in [-0.3, -0.25) is 0 Å². The Balaban J connectivity index is 2.17. The Morgan fingerprint density at radius 3 is 2.79 bits per heavy atom. The van der Waals surface area contributed by atoms with Crippen LogP contribution in [0.5, 0.6) is 0 Å². The Labute approximate surface area is 117 Å². The molecule has 96 valence electrons. The van der Waals surface area contributed by atoms with Crippen LogP contribution < -0.4 is 5.32 Å². The van der Waals surface area contributed by atoms with Crippen molar-refractivity contribution in [2.45, 2.75) is 6.54 Å². The zero-order valence-electron chi connectivity index (χ0n) is 9.62. The van der Waals surface area contributed by atoms with Gasteiger partial charge in [0.15, 0.2) is 0 Å². The average Bonchev–Trinajstić information content (AvgIpc) is 2.37. The third-order valence-corrected chi connectivity index (χ3v) is 3.04. The molecule has 0 spiro atoms. The van der Waals surface area contributed by atoms with E-state index < -0.39 is 11.6 Å². The molecule has 0 saturated carbocycles. The first-order valence-corrected chi connectivity index (χ1v) is 6.13. The van der Waals surface area contributed by atoms with Crippen molar-refractivity contribution in [3.05, 3.63) is 57.8 Å². The molecule has 19 heavy (non-hydrogen) atoms. The van der Waals surface area contributed by atoms with Gasteiger partial charge in [0.2, 0.25) is 0 Å². The minimum absolute atomic E-state index is 0.178. The highest BCUT2D eigenvalue weighted by molar-refractivity contribution is 9.10. The predicted molar refractivity (Wildman–Crippen MR) is 70.3 cm³/mol. The summed E-state index contributed by atoms with van der Waals surface area (Å²) in [6, 6.07) is 7.22. The van der Waals surface area contributed by atoms with Crippen LogP contribution in [0.3, 0.4) is 0 Å². The van der Waals surface area contributed by atoms with Crippen molar-refractivity contribution in [2.24, 2.45) is 0 Å². The van der Waals surface area contributed by atoms with Crippen molar-refractivity contribution in [1.82, 2.24) is 4.98 Å². The van der Waals surface area contributed by atoms with E-state index in [1.54, 1.807) is 12.1 Å². The van der Waals surface area contributed by atoms with Gasteiger partial charge in [-0.15, -0.1) is 0 Å².